The van der Waals surface area contributed by atoms with Crippen LogP contribution < -0.4 is 9.64 Å². The first-order chi connectivity index (χ1) is 20.5. The van der Waals surface area contributed by atoms with Crippen molar-refractivity contribution in [1.82, 2.24) is 14.4 Å². The Balaban J connectivity index is 1.77. The van der Waals surface area contributed by atoms with Crippen molar-refractivity contribution >= 4 is 11.5 Å². The highest BCUT2D eigenvalue weighted by molar-refractivity contribution is 5.82. The molecule has 0 saturated heterocycles. The fourth-order valence-corrected chi connectivity index (χ4v) is 5.38. The Bertz CT molecular complexity index is 1480. The van der Waals surface area contributed by atoms with E-state index in [9.17, 15) is 4.39 Å². The zero-order valence-electron chi connectivity index (χ0n) is 26.1. The number of fused-ring (bicyclic) bond motifs is 1. The van der Waals surface area contributed by atoms with Gasteiger partial charge in [0.1, 0.15) is 11.6 Å². The number of nitrogens with zero attached hydrogens (tertiary/aromatic N) is 4. The number of hydrogen-bond donors (Lipinski definition) is 0. The summed E-state index contributed by atoms with van der Waals surface area (Å²) in [4.78, 5) is 6.14. The zero-order chi connectivity index (χ0) is 31.3. The summed E-state index contributed by atoms with van der Waals surface area (Å²) < 4.78 is 39.2. The van der Waals surface area contributed by atoms with E-state index in [1.807, 2.05) is 48.0 Å². The van der Waals surface area contributed by atoms with Gasteiger partial charge in [-0.1, -0.05) is 63.9 Å². The van der Waals surface area contributed by atoms with Crippen LogP contribution in [0.3, 0.4) is 0 Å². The first-order valence-corrected chi connectivity index (χ1v) is 14.8. The number of rotatable bonds is 13. The molecule has 5 nitrogen and oxygen atoms in total. The van der Waals surface area contributed by atoms with E-state index in [-0.39, 0.29) is 12.4 Å². The molecule has 0 spiro atoms. The van der Waals surface area contributed by atoms with E-state index in [0.717, 1.165) is 41.6 Å². The summed E-state index contributed by atoms with van der Waals surface area (Å²) in [5, 5.41) is 0. The van der Waals surface area contributed by atoms with Crippen molar-refractivity contribution in [1.29, 1.82) is 0 Å². The molecule has 0 aliphatic carbocycles. The Hall–Kier alpha value is -4.10. The number of likely N-dealkylation sites (N-methyl/N-ethyl adjacent to an activating group) is 1. The summed E-state index contributed by atoms with van der Waals surface area (Å²) in [6.07, 6.45) is 13.7. The summed E-state index contributed by atoms with van der Waals surface area (Å²) in [7, 11) is 4.13. The van der Waals surface area contributed by atoms with E-state index in [1.165, 1.54) is 6.08 Å². The lowest BCUT2D eigenvalue weighted by Crippen LogP contribution is -2.32. The summed E-state index contributed by atoms with van der Waals surface area (Å²) >= 11 is 0. The number of aromatic nitrogens is 1. The monoisotopic (exact) mass is 586 g/mol. The van der Waals surface area contributed by atoms with Crippen molar-refractivity contribution < 1.29 is 13.5 Å². The zero-order valence-corrected chi connectivity index (χ0v) is 26.1. The summed E-state index contributed by atoms with van der Waals surface area (Å²) in [5.41, 5.74) is 3.89. The third kappa shape index (κ3) is 7.11. The predicted octanol–water partition coefficient (Wildman–Crippen LogP) is 8.32. The number of halogens is 2. The van der Waals surface area contributed by atoms with Crippen molar-refractivity contribution in [2.45, 2.75) is 39.8 Å². The van der Waals surface area contributed by atoms with Crippen molar-refractivity contribution in [2.75, 3.05) is 38.7 Å². The highest BCUT2D eigenvalue weighted by Crippen LogP contribution is 2.43. The van der Waals surface area contributed by atoms with Crippen molar-refractivity contribution in [2.24, 2.45) is 5.92 Å². The molecule has 1 unspecified atom stereocenters. The number of ether oxygens (including phenoxy) is 1. The van der Waals surface area contributed by atoms with E-state index in [1.54, 1.807) is 4.90 Å². The largest absolute Gasteiger partial charge is 0.493 e. The first kappa shape index (κ1) is 31.8. The molecule has 1 atom stereocenters. The Morgan fingerprint density at radius 1 is 1.14 bits per heavy atom. The molecule has 2 aliphatic rings. The SMILES string of the molecule is C=C/C(F)=C(\C=C)CN1C=C(C)C(=C)n2c(CN(C)CCC3C=CC=CN3C)c(-c3ccc(OCC(C)C)cc3)c(F)c21. The molecule has 3 heterocycles. The van der Waals surface area contributed by atoms with E-state index < -0.39 is 5.83 Å². The van der Waals surface area contributed by atoms with Gasteiger partial charge < -0.3 is 19.4 Å². The van der Waals surface area contributed by atoms with Gasteiger partial charge in [-0.05, 0) is 67.9 Å². The highest BCUT2D eigenvalue weighted by atomic mass is 19.1. The molecule has 1 aromatic carbocycles. The average Bonchev–Trinajstić information content (AvgIpc) is 3.28. The van der Waals surface area contributed by atoms with Gasteiger partial charge in [0.2, 0.25) is 0 Å². The molecule has 4 rings (SSSR count). The highest BCUT2D eigenvalue weighted by Gasteiger charge is 2.32. The summed E-state index contributed by atoms with van der Waals surface area (Å²) in [5.74, 6) is 0.587. The van der Waals surface area contributed by atoms with E-state index in [2.05, 4.69) is 75.8 Å². The van der Waals surface area contributed by atoms with Crippen LogP contribution >= 0.6 is 0 Å². The summed E-state index contributed by atoms with van der Waals surface area (Å²) in [6.45, 7) is 19.8. The molecular weight excluding hydrogens is 542 g/mol. The third-order valence-electron chi connectivity index (χ3n) is 7.85. The molecule has 0 saturated carbocycles. The minimum atomic E-state index is -0.488. The smallest absolute Gasteiger partial charge is 0.174 e. The van der Waals surface area contributed by atoms with E-state index >= 15 is 4.39 Å². The van der Waals surface area contributed by atoms with E-state index in [0.29, 0.717) is 47.8 Å². The molecule has 0 N–H and O–H groups in total. The van der Waals surface area contributed by atoms with Crippen molar-refractivity contribution in [3.63, 3.8) is 0 Å². The molecule has 0 radical (unpaired) electrons. The normalized spacial score (nSPS) is 16.9. The molecule has 0 bridgehead atoms. The van der Waals surface area contributed by atoms with Gasteiger partial charge in [0.25, 0.3) is 0 Å². The van der Waals surface area contributed by atoms with Crippen LogP contribution in [0.5, 0.6) is 5.75 Å². The van der Waals surface area contributed by atoms with Gasteiger partial charge in [0.05, 0.1) is 13.2 Å². The van der Waals surface area contributed by atoms with Gasteiger partial charge in [-0.15, -0.1) is 0 Å². The lowest BCUT2D eigenvalue weighted by Gasteiger charge is -2.31. The standard InChI is InChI=1S/C36H44F2N4O/c1-9-28(32(37)10-2)22-41-21-26(5)27(6)42-33(23-39(7)20-18-30-13-11-12-19-40(30)8)34(35(38)36(41)42)29-14-16-31(17-15-29)43-24-25(3)4/h9-17,19,21,25,30H,1-2,6,18,20,22-24H2,3-5,7-8H3/b32-28-. The average molecular weight is 587 g/mol. The summed E-state index contributed by atoms with van der Waals surface area (Å²) in [6, 6.07) is 7.86. The molecule has 2 aromatic rings. The van der Waals surface area contributed by atoms with Gasteiger partial charge in [0.15, 0.2) is 11.6 Å². The van der Waals surface area contributed by atoms with Crippen molar-refractivity contribution in [3.8, 4) is 16.9 Å². The minimum absolute atomic E-state index is 0.0947. The lowest BCUT2D eigenvalue weighted by molar-refractivity contribution is 0.271. The van der Waals surface area contributed by atoms with Crippen LogP contribution in [0.1, 0.15) is 32.9 Å². The van der Waals surface area contributed by atoms with Crippen LogP contribution in [-0.4, -0.2) is 54.2 Å². The molecule has 43 heavy (non-hydrogen) atoms. The predicted molar refractivity (Wildman–Crippen MR) is 176 cm³/mol. The molecule has 2 aliphatic heterocycles. The van der Waals surface area contributed by atoms with E-state index in [4.69, 9.17) is 4.74 Å². The van der Waals surface area contributed by atoms with Gasteiger partial charge in [-0.25, -0.2) is 8.78 Å². The molecule has 7 heteroatoms. The van der Waals surface area contributed by atoms with Crippen LogP contribution in [0.4, 0.5) is 14.6 Å². The number of anilines is 1. The van der Waals surface area contributed by atoms with Crippen LogP contribution in [0, 0.1) is 11.7 Å². The fourth-order valence-electron chi connectivity index (χ4n) is 5.38. The maximum atomic E-state index is 16.8. The Labute approximate surface area is 255 Å². The van der Waals surface area contributed by atoms with Gasteiger partial charge in [-0.2, -0.15) is 0 Å². The van der Waals surface area contributed by atoms with Gasteiger partial charge in [0, 0.05) is 54.9 Å². The molecule has 1 aromatic heterocycles. The second-order valence-electron chi connectivity index (χ2n) is 11.7. The number of benzene rings is 1. The van der Waals surface area contributed by atoms with Gasteiger partial charge in [-0.3, -0.25) is 4.57 Å². The van der Waals surface area contributed by atoms with Crippen LogP contribution in [0.25, 0.3) is 16.8 Å². The first-order valence-electron chi connectivity index (χ1n) is 14.8. The second-order valence-corrected chi connectivity index (χ2v) is 11.7. The molecule has 228 valence electrons. The topological polar surface area (TPSA) is 23.9 Å². The maximum absolute atomic E-state index is 16.8. The molecule has 0 fully saturated rings. The number of hydrogen-bond acceptors (Lipinski definition) is 4. The maximum Gasteiger partial charge on any atom is 0.174 e. The van der Waals surface area contributed by atoms with Crippen LogP contribution in [0.2, 0.25) is 0 Å². The van der Waals surface area contributed by atoms with Crippen LogP contribution in [-0.2, 0) is 6.54 Å². The van der Waals surface area contributed by atoms with Crippen LogP contribution in [0.15, 0.2) is 104 Å². The van der Waals surface area contributed by atoms with Crippen molar-refractivity contribution in [3.05, 3.63) is 115 Å². The Morgan fingerprint density at radius 2 is 1.86 bits per heavy atom. The lowest BCUT2D eigenvalue weighted by atomic mass is 10.0. The molecular formula is C36H44F2N4O. The quantitative estimate of drug-likeness (QED) is 0.220. The third-order valence-corrected chi connectivity index (χ3v) is 7.85. The number of allylic oxidation sites excluding steroid dienone is 6. The second kappa shape index (κ2) is 13.9. The minimum Gasteiger partial charge on any atom is -0.493 e. The fraction of sp³-hybridized carbons (Fsp3) is 0.333. The Morgan fingerprint density at radius 3 is 2.49 bits per heavy atom. The van der Waals surface area contributed by atoms with Gasteiger partial charge >= 0.3 is 0 Å². The Kier molecular flexibility index (Phi) is 10.3. The molecule has 0 amide bonds.